The summed E-state index contributed by atoms with van der Waals surface area (Å²) in [6.45, 7) is 0. The van der Waals surface area contributed by atoms with Crippen LogP contribution in [0.15, 0.2) is 18.2 Å². The molecule has 1 aliphatic rings. The van der Waals surface area contributed by atoms with Crippen molar-refractivity contribution in [1.82, 2.24) is 0 Å². The molecule has 0 spiro atoms. The summed E-state index contributed by atoms with van der Waals surface area (Å²) in [4.78, 5) is 22.7. The van der Waals surface area contributed by atoms with Crippen LogP contribution in [-0.4, -0.2) is 29.2 Å². The number of rotatable bonds is 3. The minimum atomic E-state index is -1.04. The van der Waals surface area contributed by atoms with Gasteiger partial charge in [0.2, 0.25) is 0 Å². The molecule has 102 valence electrons. The normalized spacial score (nSPS) is 22.2. The Balaban J connectivity index is 2.00. The highest BCUT2D eigenvalue weighted by atomic mass is 127. The third-order valence-corrected chi connectivity index (χ3v) is 3.76. The molecule has 1 fully saturated rings. The van der Waals surface area contributed by atoms with Crippen LogP contribution < -0.4 is 5.32 Å². The van der Waals surface area contributed by atoms with E-state index in [4.69, 9.17) is 21.4 Å². The van der Waals surface area contributed by atoms with Crippen LogP contribution in [-0.2, 0) is 14.3 Å². The fourth-order valence-electron chi connectivity index (χ4n) is 1.82. The maximum Gasteiger partial charge on any atom is 0.332 e. The lowest BCUT2D eigenvalue weighted by Crippen LogP contribution is -2.30. The van der Waals surface area contributed by atoms with Crippen molar-refractivity contribution in [2.24, 2.45) is 0 Å². The third-order valence-electron chi connectivity index (χ3n) is 2.78. The Kier molecular flexibility index (Phi) is 4.64. The summed E-state index contributed by atoms with van der Waals surface area (Å²) in [6.07, 6.45) is -0.905. The van der Waals surface area contributed by atoms with Gasteiger partial charge in [0.1, 0.15) is 6.10 Å². The van der Waals surface area contributed by atoms with Gasteiger partial charge in [0.15, 0.2) is 6.10 Å². The van der Waals surface area contributed by atoms with E-state index < -0.39 is 18.2 Å². The highest BCUT2D eigenvalue weighted by molar-refractivity contribution is 14.1. The number of benzene rings is 1. The number of carboxylic acids is 1. The van der Waals surface area contributed by atoms with Crippen LogP contribution in [0.3, 0.4) is 0 Å². The molecule has 19 heavy (non-hydrogen) atoms. The number of nitrogens with one attached hydrogen (secondary N) is 1. The lowest BCUT2D eigenvalue weighted by atomic mass is 10.2. The van der Waals surface area contributed by atoms with Crippen LogP contribution in [0, 0.1) is 3.57 Å². The minimum Gasteiger partial charge on any atom is -0.479 e. The number of hydrogen-bond acceptors (Lipinski definition) is 3. The largest absolute Gasteiger partial charge is 0.479 e. The van der Waals surface area contributed by atoms with Crippen molar-refractivity contribution in [3.8, 4) is 0 Å². The Morgan fingerprint density at radius 1 is 1.37 bits per heavy atom. The van der Waals surface area contributed by atoms with E-state index in [2.05, 4.69) is 27.9 Å². The molecule has 1 aromatic rings. The van der Waals surface area contributed by atoms with Crippen molar-refractivity contribution in [2.45, 2.75) is 25.0 Å². The molecule has 0 bridgehead atoms. The van der Waals surface area contributed by atoms with Crippen molar-refractivity contribution in [3.05, 3.63) is 26.8 Å². The second-order valence-corrected chi connectivity index (χ2v) is 5.80. The highest BCUT2D eigenvalue weighted by Crippen LogP contribution is 2.26. The fraction of sp³-hybridized carbons (Fsp3) is 0.333. The molecule has 0 aromatic heterocycles. The van der Waals surface area contributed by atoms with E-state index in [1.807, 2.05) is 6.07 Å². The quantitative estimate of drug-likeness (QED) is 0.771. The molecule has 1 aliphatic heterocycles. The SMILES string of the molecule is O=C(O)C1CCC(C(=O)Nc2ccc(I)cc2Cl)O1. The molecule has 2 unspecified atom stereocenters. The van der Waals surface area contributed by atoms with Gasteiger partial charge in [-0.2, -0.15) is 0 Å². The summed E-state index contributed by atoms with van der Waals surface area (Å²) in [5, 5.41) is 11.9. The van der Waals surface area contributed by atoms with E-state index in [0.717, 1.165) is 3.57 Å². The number of carbonyl (C=O) groups is 2. The lowest BCUT2D eigenvalue weighted by molar-refractivity contribution is -0.150. The molecule has 1 amide bonds. The number of amides is 1. The molecule has 1 saturated heterocycles. The van der Waals surface area contributed by atoms with Gasteiger partial charge in [-0.1, -0.05) is 11.6 Å². The van der Waals surface area contributed by atoms with Crippen LogP contribution in [0.2, 0.25) is 5.02 Å². The fourth-order valence-corrected chi connectivity index (χ4v) is 2.72. The van der Waals surface area contributed by atoms with Crippen molar-refractivity contribution >= 4 is 51.8 Å². The third kappa shape index (κ3) is 3.58. The topological polar surface area (TPSA) is 75.6 Å². The molecule has 1 heterocycles. The van der Waals surface area contributed by atoms with Crippen LogP contribution in [0.25, 0.3) is 0 Å². The van der Waals surface area contributed by atoms with E-state index in [0.29, 0.717) is 23.6 Å². The zero-order valence-electron chi connectivity index (χ0n) is 9.73. The van der Waals surface area contributed by atoms with Gasteiger partial charge in [0.05, 0.1) is 10.7 Å². The number of halogens is 2. The van der Waals surface area contributed by atoms with Crippen LogP contribution in [0.5, 0.6) is 0 Å². The Labute approximate surface area is 128 Å². The van der Waals surface area contributed by atoms with Gasteiger partial charge in [-0.05, 0) is 53.6 Å². The van der Waals surface area contributed by atoms with Gasteiger partial charge >= 0.3 is 5.97 Å². The van der Waals surface area contributed by atoms with Crippen LogP contribution in [0.4, 0.5) is 5.69 Å². The zero-order valence-corrected chi connectivity index (χ0v) is 12.6. The Bertz CT molecular complexity index is 522. The first-order valence-corrected chi connectivity index (χ1v) is 7.07. The first kappa shape index (κ1) is 14.5. The average molecular weight is 396 g/mol. The number of carboxylic acid groups (broad SMARTS) is 1. The summed E-state index contributed by atoms with van der Waals surface area (Å²) < 4.78 is 6.13. The standard InChI is InChI=1S/C12H11ClINO4/c13-7-5-6(14)1-2-8(7)15-11(16)9-3-4-10(19-9)12(17)18/h1-2,5,9-10H,3-4H2,(H,15,16)(H,17,18). The number of ether oxygens (including phenoxy) is 1. The molecule has 2 N–H and O–H groups in total. The molecule has 2 rings (SSSR count). The predicted octanol–water partition coefficient (Wildman–Crippen LogP) is 2.52. The number of hydrogen-bond donors (Lipinski definition) is 2. The van der Waals surface area contributed by atoms with E-state index >= 15 is 0 Å². The zero-order chi connectivity index (χ0) is 14.0. The second kappa shape index (κ2) is 6.06. The molecular formula is C12H11ClINO4. The van der Waals surface area contributed by atoms with E-state index in [-0.39, 0.29) is 5.91 Å². The van der Waals surface area contributed by atoms with E-state index in [1.165, 1.54) is 0 Å². The van der Waals surface area contributed by atoms with Crippen LogP contribution in [0.1, 0.15) is 12.8 Å². The molecular weight excluding hydrogens is 384 g/mol. The van der Waals surface area contributed by atoms with Crippen LogP contribution >= 0.6 is 34.2 Å². The molecule has 0 saturated carbocycles. The molecule has 2 atom stereocenters. The van der Waals surface area contributed by atoms with E-state index in [1.54, 1.807) is 12.1 Å². The van der Waals surface area contributed by atoms with Gasteiger partial charge < -0.3 is 15.2 Å². The maximum atomic E-state index is 11.9. The molecule has 5 nitrogen and oxygen atoms in total. The summed E-state index contributed by atoms with van der Waals surface area (Å²) in [7, 11) is 0. The Morgan fingerprint density at radius 2 is 2.05 bits per heavy atom. The Hall–Kier alpha value is -0.860. The van der Waals surface area contributed by atoms with Gasteiger partial charge in [0, 0.05) is 3.57 Å². The van der Waals surface area contributed by atoms with Gasteiger partial charge in [-0.3, -0.25) is 4.79 Å². The van der Waals surface area contributed by atoms with Gasteiger partial charge in [-0.25, -0.2) is 4.79 Å². The van der Waals surface area contributed by atoms with Crippen molar-refractivity contribution in [2.75, 3.05) is 5.32 Å². The van der Waals surface area contributed by atoms with Crippen molar-refractivity contribution in [1.29, 1.82) is 0 Å². The minimum absolute atomic E-state index is 0.341. The summed E-state index contributed by atoms with van der Waals surface area (Å²) in [6, 6.07) is 5.25. The first-order valence-electron chi connectivity index (χ1n) is 5.61. The van der Waals surface area contributed by atoms with E-state index in [9.17, 15) is 9.59 Å². The number of aliphatic carboxylic acids is 1. The summed E-state index contributed by atoms with van der Waals surface area (Å²) >= 11 is 8.12. The smallest absolute Gasteiger partial charge is 0.332 e. The molecule has 1 aromatic carbocycles. The predicted molar refractivity (Wildman–Crippen MR) is 78.3 cm³/mol. The number of carbonyl (C=O) groups excluding carboxylic acids is 1. The summed E-state index contributed by atoms with van der Waals surface area (Å²) in [5.41, 5.74) is 0.495. The highest BCUT2D eigenvalue weighted by Gasteiger charge is 2.34. The second-order valence-electron chi connectivity index (χ2n) is 4.14. The maximum absolute atomic E-state index is 11.9. The number of anilines is 1. The van der Waals surface area contributed by atoms with Gasteiger partial charge in [0.25, 0.3) is 5.91 Å². The lowest BCUT2D eigenvalue weighted by Gasteiger charge is -2.12. The van der Waals surface area contributed by atoms with Crippen molar-refractivity contribution in [3.63, 3.8) is 0 Å². The Morgan fingerprint density at radius 3 is 2.63 bits per heavy atom. The van der Waals surface area contributed by atoms with Crippen molar-refractivity contribution < 1.29 is 19.4 Å². The monoisotopic (exact) mass is 395 g/mol. The summed E-state index contributed by atoms with van der Waals surface area (Å²) in [5.74, 6) is -1.41. The average Bonchev–Trinajstić information content (AvgIpc) is 2.82. The van der Waals surface area contributed by atoms with Gasteiger partial charge in [-0.15, -0.1) is 0 Å². The molecule has 7 heteroatoms. The molecule has 0 radical (unpaired) electrons. The molecule has 0 aliphatic carbocycles. The first-order chi connectivity index (χ1) is 8.97.